The first kappa shape index (κ1) is 19.2. The van der Waals surface area contributed by atoms with Gasteiger partial charge in [0.15, 0.2) is 0 Å². The van der Waals surface area contributed by atoms with E-state index in [4.69, 9.17) is 5.11 Å². The summed E-state index contributed by atoms with van der Waals surface area (Å²) in [5, 5.41) is 14.5. The third kappa shape index (κ3) is 5.71. The van der Waals surface area contributed by atoms with Crippen molar-refractivity contribution in [2.45, 2.75) is 40.3 Å². The molecule has 0 spiro atoms. The van der Waals surface area contributed by atoms with Crippen molar-refractivity contribution >= 4 is 11.7 Å². The van der Waals surface area contributed by atoms with E-state index in [-0.39, 0.29) is 37.0 Å². The predicted molar refractivity (Wildman–Crippen MR) is 91.0 cm³/mol. The smallest absolute Gasteiger partial charge is 0.315 e. The minimum atomic E-state index is -0.328. The number of aliphatic hydroxyl groups excluding tert-OH is 1. The molecule has 6 heteroatoms. The van der Waals surface area contributed by atoms with Gasteiger partial charge < -0.3 is 20.6 Å². The average Bonchev–Trinajstić information content (AvgIpc) is 2.54. The molecule has 3 N–H and O–H groups in total. The first-order valence-corrected chi connectivity index (χ1v) is 8.11. The van der Waals surface area contributed by atoms with E-state index in [0.717, 1.165) is 13.1 Å². The summed E-state index contributed by atoms with van der Waals surface area (Å²) in [7, 11) is 0. The molecule has 23 heavy (non-hydrogen) atoms. The van der Waals surface area contributed by atoms with Crippen molar-refractivity contribution < 1.29 is 14.3 Å². The van der Waals surface area contributed by atoms with Crippen LogP contribution in [-0.2, 0) is 6.54 Å². The van der Waals surface area contributed by atoms with Gasteiger partial charge in [0.05, 0.1) is 5.69 Å². The Bertz CT molecular complexity index is 507. The van der Waals surface area contributed by atoms with Crippen molar-refractivity contribution in [1.29, 1.82) is 0 Å². The number of carbonyl (C=O) groups is 1. The third-order valence-corrected chi connectivity index (χ3v) is 4.07. The van der Waals surface area contributed by atoms with Crippen LogP contribution in [0.15, 0.2) is 18.2 Å². The second-order valence-electron chi connectivity index (χ2n) is 5.73. The van der Waals surface area contributed by atoms with Gasteiger partial charge >= 0.3 is 6.03 Å². The molecular weight excluding hydrogens is 297 g/mol. The van der Waals surface area contributed by atoms with E-state index in [1.807, 2.05) is 38.7 Å². The fourth-order valence-electron chi connectivity index (χ4n) is 2.22. The third-order valence-electron chi connectivity index (χ3n) is 4.07. The molecule has 0 radical (unpaired) electrons. The summed E-state index contributed by atoms with van der Waals surface area (Å²) in [6.07, 6.45) is 0. The first-order valence-electron chi connectivity index (χ1n) is 8.11. The quantitative estimate of drug-likeness (QED) is 0.688. The number of hydrogen-bond acceptors (Lipinski definition) is 3. The van der Waals surface area contributed by atoms with Crippen molar-refractivity contribution in [3.05, 3.63) is 29.6 Å². The summed E-state index contributed by atoms with van der Waals surface area (Å²) in [5.41, 5.74) is 1.28. The average molecular weight is 325 g/mol. The van der Waals surface area contributed by atoms with Crippen molar-refractivity contribution in [3.63, 3.8) is 0 Å². The molecule has 0 aromatic heterocycles. The summed E-state index contributed by atoms with van der Waals surface area (Å²) >= 11 is 0. The lowest BCUT2D eigenvalue weighted by Crippen LogP contribution is -2.43. The lowest BCUT2D eigenvalue weighted by molar-refractivity contribution is 0.200. The highest BCUT2D eigenvalue weighted by Gasteiger charge is 2.14. The summed E-state index contributed by atoms with van der Waals surface area (Å²) in [5.74, 6) is -0.303. The van der Waals surface area contributed by atoms with Crippen LogP contribution < -0.4 is 15.5 Å². The lowest BCUT2D eigenvalue weighted by atomic mass is 10.1. The number of hydrogen-bond donors (Lipinski definition) is 3. The zero-order valence-electron chi connectivity index (χ0n) is 14.4. The first-order chi connectivity index (χ1) is 10.9. The van der Waals surface area contributed by atoms with Gasteiger partial charge in [-0.25, -0.2) is 9.18 Å². The molecule has 0 aliphatic heterocycles. The minimum absolute atomic E-state index is 0.0134. The van der Waals surface area contributed by atoms with Crippen LogP contribution in [-0.4, -0.2) is 36.9 Å². The second kappa shape index (κ2) is 9.35. The van der Waals surface area contributed by atoms with Crippen molar-refractivity contribution in [2.24, 2.45) is 5.92 Å². The monoisotopic (exact) mass is 325 g/mol. The highest BCUT2D eigenvalue weighted by molar-refractivity contribution is 5.74. The highest BCUT2D eigenvalue weighted by Crippen LogP contribution is 2.20. The predicted octanol–water partition coefficient (Wildman–Crippen LogP) is 2.49. The summed E-state index contributed by atoms with van der Waals surface area (Å²) in [6.45, 7) is 9.41. The maximum absolute atomic E-state index is 14.2. The molecule has 0 aliphatic carbocycles. The van der Waals surface area contributed by atoms with Crippen LogP contribution in [0.5, 0.6) is 0 Å². The molecular formula is C17H28FN3O2. The van der Waals surface area contributed by atoms with E-state index in [1.54, 1.807) is 6.07 Å². The Morgan fingerprint density at radius 2 is 1.96 bits per heavy atom. The van der Waals surface area contributed by atoms with Gasteiger partial charge in [0.1, 0.15) is 5.82 Å². The number of urea groups is 1. The number of nitrogens with zero attached hydrogens (tertiary/aromatic N) is 1. The maximum Gasteiger partial charge on any atom is 0.315 e. The molecule has 2 atom stereocenters. The molecule has 0 fully saturated rings. The van der Waals surface area contributed by atoms with Crippen LogP contribution in [0, 0.1) is 11.7 Å². The summed E-state index contributed by atoms with van der Waals surface area (Å²) in [6, 6.07) is 4.55. The minimum Gasteiger partial charge on any atom is -0.396 e. The number of anilines is 1. The van der Waals surface area contributed by atoms with Crippen LogP contribution in [0.2, 0.25) is 0 Å². The molecule has 1 aromatic carbocycles. The summed E-state index contributed by atoms with van der Waals surface area (Å²) < 4.78 is 14.2. The Labute approximate surface area is 137 Å². The largest absolute Gasteiger partial charge is 0.396 e. The van der Waals surface area contributed by atoms with Gasteiger partial charge in [0.25, 0.3) is 0 Å². The van der Waals surface area contributed by atoms with Crippen LogP contribution in [0.25, 0.3) is 0 Å². The zero-order valence-corrected chi connectivity index (χ0v) is 14.4. The molecule has 0 saturated carbocycles. The molecule has 2 amide bonds. The standard InChI is InChI=1S/C17H28FN3O2/c1-5-21(6-2)16-8-7-14(9-15(16)18)10-19-17(23)20-13(4)12(3)11-22/h7-9,12-13,22H,5-6,10-11H2,1-4H3,(H2,19,20,23). The Kier molecular flexibility index (Phi) is 7.81. The van der Waals surface area contributed by atoms with Crippen LogP contribution in [0.1, 0.15) is 33.3 Å². The fourth-order valence-corrected chi connectivity index (χ4v) is 2.22. The van der Waals surface area contributed by atoms with Gasteiger partial charge in [-0.15, -0.1) is 0 Å². The van der Waals surface area contributed by atoms with Gasteiger partial charge in [-0.2, -0.15) is 0 Å². The second-order valence-corrected chi connectivity index (χ2v) is 5.73. The normalized spacial score (nSPS) is 13.3. The van der Waals surface area contributed by atoms with E-state index >= 15 is 0 Å². The van der Waals surface area contributed by atoms with E-state index in [9.17, 15) is 9.18 Å². The number of halogens is 1. The molecule has 0 saturated heterocycles. The summed E-state index contributed by atoms with van der Waals surface area (Å²) in [4.78, 5) is 13.7. The molecule has 0 bridgehead atoms. The van der Waals surface area contributed by atoms with E-state index in [1.165, 1.54) is 6.07 Å². The number of benzene rings is 1. The Morgan fingerprint density at radius 1 is 1.30 bits per heavy atom. The van der Waals surface area contributed by atoms with Gasteiger partial charge in [-0.3, -0.25) is 0 Å². The number of rotatable bonds is 8. The number of carbonyl (C=O) groups excluding carboxylic acids is 1. The van der Waals surface area contributed by atoms with Crippen LogP contribution >= 0.6 is 0 Å². The van der Waals surface area contributed by atoms with Crippen molar-refractivity contribution in [3.8, 4) is 0 Å². The van der Waals surface area contributed by atoms with E-state index in [0.29, 0.717) is 11.3 Å². The molecule has 0 heterocycles. The molecule has 130 valence electrons. The molecule has 1 aromatic rings. The van der Waals surface area contributed by atoms with Crippen LogP contribution in [0.4, 0.5) is 14.9 Å². The highest BCUT2D eigenvalue weighted by atomic mass is 19.1. The zero-order chi connectivity index (χ0) is 17.4. The SMILES string of the molecule is CCN(CC)c1ccc(CNC(=O)NC(C)C(C)CO)cc1F. The van der Waals surface area contributed by atoms with E-state index in [2.05, 4.69) is 10.6 Å². The van der Waals surface area contributed by atoms with Crippen LogP contribution in [0.3, 0.4) is 0 Å². The van der Waals surface area contributed by atoms with Crippen molar-refractivity contribution in [1.82, 2.24) is 10.6 Å². The molecule has 1 rings (SSSR count). The Hall–Kier alpha value is -1.82. The topological polar surface area (TPSA) is 64.6 Å². The lowest BCUT2D eigenvalue weighted by Gasteiger charge is -2.22. The molecule has 0 aliphatic rings. The van der Waals surface area contributed by atoms with Gasteiger partial charge in [-0.1, -0.05) is 13.0 Å². The van der Waals surface area contributed by atoms with E-state index < -0.39 is 0 Å². The van der Waals surface area contributed by atoms with Gasteiger partial charge in [-0.05, 0) is 44.4 Å². The number of aliphatic hydroxyl groups is 1. The van der Waals surface area contributed by atoms with Gasteiger partial charge in [0.2, 0.25) is 0 Å². The molecule has 2 unspecified atom stereocenters. The van der Waals surface area contributed by atoms with Crippen molar-refractivity contribution in [2.75, 3.05) is 24.6 Å². The van der Waals surface area contributed by atoms with Gasteiger partial charge in [0, 0.05) is 32.3 Å². The Morgan fingerprint density at radius 3 is 2.48 bits per heavy atom. The fraction of sp³-hybridized carbons (Fsp3) is 0.588. The maximum atomic E-state index is 14.2. The number of amides is 2. The number of nitrogens with one attached hydrogen (secondary N) is 2. The Balaban J connectivity index is 2.58. The molecule has 5 nitrogen and oxygen atoms in total.